The monoisotopic (exact) mass is 408 g/mol. The largest absolute Gasteiger partial charge is 0.550 e. The second-order valence-corrected chi connectivity index (χ2v) is 6.80. The topological polar surface area (TPSA) is 97.7 Å². The fourth-order valence-corrected chi connectivity index (χ4v) is 3.35. The SMILES string of the molecule is O=C([O-])CCCN1C(=O)C(O)=C(C(=O)/C=C/c2ccccc2)[C@H]1c1ccc(F)cc1. The van der Waals surface area contributed by atoms with Gasteiger partial charge in [-0.2, -0.15) is 0 Å². The lowest BCUT2D eigenvalue weighted by Gasteiger charge is -2.26. The molecule has 1 amide bonds. The summed E-state index contributed by atoms with van der Waals surface area (Å²) in [6.07, 6.45) is 2.63. The van der Waals surface area contributed by atoms with Crippen LogP contribution in [0.1, 0.15) is 30.0 Å². The molecule has 6 nitrogen and oxygen atoms in total. The number of carbonyl (C=O) groups excluding carboxylic acids is 3. The molecule has 0 spiro atoms. The predicted molar refractivity (Wildman–Crippen MR) is 105 cm³/mol. The first kappa shape index (κ1) is 21.0. The van der Waals surface area contributed by atoms with Crippen LogP contribution >= 0.6 is 0 Å². The number of nitrogens with zero attached hydrogens (tertiary/aromatic N) is 1. The summed E-state index contributed by atoms with van der Waals surface area (Å²) in [6.45, 7) is -0.0158. The molecule has 0 unspecified atom stereocenters. The third kappa shape index (κ3) is 4.63. The number of hydrogen-bond acceptors (Lipinski definition) is 5. The summed E-state index contributed by atoms with van der Waals surface area (Å²) >= 11 is 0. The fourth-order valence-electron chi connectivity index (χ4n) is 3.35. The lowest BCUT2D eigenvalue weighted by Crippen LogP contribution is -2.33. The minimum Gasteiger partial charge on any atom is -0.550 e. The highest BCUT2D eigenvalue weighted by Crippen LogP contribution is 2.38. The Labute approximate surface area is 172 Å². The number of aliphatic hydroxyl groups is 1. The van der Waals surface area contributed by atoms with Gasteiger partial charge in [0.25, 0.3) is 5.91 Å². The molecule has 0 radical (unpaired) electrons. The normalized spacial score (nSPS) is 16.5. The Morgan fingerprint density at radius 2 is 1.77 bits per heavy atom. The zero-order chi connectivity index (χ0) is 21.7. The molecule has 2 aromatic carbocycles. The molecule has 1 heterocycles. The van der Waals surface area contributed by atoms with Gasteiger partial charge < -0.3 is 19.9 Å². The Morgan fingerprint density at radius 3 is 2.40 bits per heavy atom. The number of carboxylic acids is 1. The van der Waals surface area contributed by atoms with E-state index in [4.69, 9.17) is 0 Å². The van der Waals surface area contributed by atoms with Crippen molar-refractivity contribution in [2.45, 2.75) is 18.9 Å². The highest BCUT2D eigenvalue weighted by Gasteiger charge is 2.42. The number of benzene rings is 2. The van der Waals surface area contributed by atoms with Gasteiger partial charge in [0.05, 0.1) is 11.6 Å². The number of amides is 1. The fraction of sp³-hybridized carbons (Fsp3) is 0.174. The molecular weight excluding hydrogens is 389 g/mol. The van der Waals surface area contributed by atoms with Crippen LogP contribution in [0.15, 0.2) is 72.0 Å². The van der Waals surface area contributed by atoms with Crippen molar-refractivity contribution in [1.29, 1.82) is 0 Å². The van der Waals surface area contributed by atoms with Gasteiger partial charge in [0.1, 0.15) is 5.82 Å². The summed E-state index contributed by atoms with van der Waals surface area (Å²) < 4.78 is 13.4. The van der Waals surface area contributed by atoms with Gasteiger partial charge in [0.2, 0.25) is 0 Å². The number of ketones is 1. The Bertz CT molecular complexity index is 1010. The molecule has 3 rings (SSSR count). The highest BCUT2D eigenvalue weighted by atomic mass is 19.1. The van der Waals surface area contributed by atoms with Gasteiger partial charge in [0, 0.05) is 12.5 Å². The molecule has 154 valence electrons. The van der Waals surface area contributed by atoms with Crippen LogP contribution in [0.3, 0.4) is 0 Å². The van der Waals surface area contributed by atoms with Crippen molar-refractivity contribution >= 4 is 23.7 Å². The van der Waals surface area contributed by atoms with E-state index in [0.29, 0.717) is 5.56 Å². The molecule has 0 saturated heterocycles. The standard InChI is InChI=1S/C23H20FNO5/c24-17-11-9-16(10-12-17)21-20(18(26)13-8-15-5-2-1-3-6-15)22(29)23(30)25(21)14-4-7-19(27)28/h1-3,5-6,8-13,21,29H,4,7,14H2,(H,27,28)/p-1/b13-8+/t21-/m1/s1. The molecule has 1 N–H and O–H groups in total. The molecule has 1 atom stereocenters. The third-order valence-corrected chi connectivity index (χ3v) is 4.76. The maximum absolute atomic E-state index is 13.4. The summed E-state index contributed by atoms with van der Waals surface area (Å²) in [7, 11) is 0. The number of allylic oxidation sites excluding steroid dienone is 1. The van der Waals surface area contributed by atoms with Gasteiger partial charge in [-0.25, -0.2) is 4.39 Å². The number of hydrogen-bond donors (Lipinski definition) is 1. The van der Waals surface area contributed by atoms with Crippen LogP contribution in [-0.2, 0) is 14.4 Å². The number of carbonyl (C=O) groups is 3. The predicted octanol–water partition coefficient (Wildman–Crippen LogP) is 2.33. The first-order chi connectivity index (χ1) is 14.4. The van der Waals surface area contributed by atoms with Crippen LogP contribution < -0.4 is 5.11 Å². The molecule has 0 aliphatic carbocycles. The van der Waals surface area contributed by atoms with Crippen molar-refractivity contribution in [1.82, 2.24) is 4.90 Å². The van der Waals surface area contributed by atoms with E-state index in [9.17, 15) is 29.0 Å². The van der Waals surface area contributed by atoms with Gasteiger partial charge in [-0.1, -0.05) is 48.5 Å². The molecule has 0 bridgehead atoms. The van der Waals surface area contributed by atoms with Crippen LogP contribution in [0.2, 0.25) is 0 Å². The van der Waals surface area contributed by atoms with Crippen LogP contribution in [0.5, 0.6) is 0 Å². The van der Waals surface area contributed by atoms with Crippen LogP contribution in [0.25, 0.3) is 6.08 Å². The summed E-state index contributed by atoms with van der Waals surface area (Å²) in [5.74, 6) is -3.79. The lowest BCUT2D eigenvalue weighted by atomic mass is 9.95. The average Bonchev–Trinajstić information content (AvgIpc) is 2.98. The molecule has 7 heteroatoms. The van der Waals surface area contributed by atoms with E-state index in [1.807, 2.05) is 6.07 Å². The minimum atomic E-state index is -1.26. The Kier molecular flexibility index (Phi) is 6.41. The molecule has 1 aliphatic heterocycles. The van der Waals surface area contributed by atoms with Gasteiger partial charge in [-0.05, 0) is 42.2 Å². The van der Waals surface area contributed by atoms with E-state index in [1.165, 1.54) is 35.2 Å². The number of halogens is 1. The molecule has 30 heavy (non-hydrogen) atoms. The van der Waals surface area contributed by atoms with Crippen molar-refractivity contribution in [2.75, 3.05) is 6.54 Å². The number of aliphatic carboxylic acids is 1. The second kappa shape index (κ2) is 9.17. The number of aliphatic hydroxyl groups excluding tert-OH is 1. The van der Waals surface area contributed by atoms with Gasteiger partial charge in [0.15, 0.2) is 11.5 Å². The van der Waals surface area contributed by atoms with Crippen molar-refractivity contribution in [3.63, 3.8) is 0 Å². The third-order valence-electron chi connectivity index (χ3n) is 4.76. The summed E-state index contributed by atoms with van der Waals surface area (Å²) in [4.78, 5) is 37.5. The van der Waals surface area contributed by atoms with Gasteiger partial charge in [-0.3, -0.25) is 9.59 Å². The highest BCUT2D eigenvalue weighted by molar-refractivity contribution is 6.14. The number of carboxylic acid groups (broad SMARTS) is 1. The zero-order valence-electron chi connectivity index (χ0n) is 16.0. The molecule has 0 aromatic heterocycles. The Hall–Kier alpha value is -3.74. The van der Waals surface area contributed by atoms with Crippen LogP contribution in [-0.4, -0.2) is 34.2 Å². The summed E-state index contributed by atoms with van der Waals surface area (Å²) in [5.41, 5.74) is 1.06. The van der Waals surface area contributed by atoms with E-state index < -0.39 is 35.3 Å². The van der Waals surface area contributed by atoms with E-state index in [1.54, 1.807) is 30.3 Å². The minimum absolute atomic E-state index is 0.0158. The van der Waals surface area contributed by atoms with Gasteiger partial charge >= 0.3 is 0 Å². The zero-order valence-corrected chi connectivity index (χ0v) is 16.0. The second-order valence-electron chi connectivity index (χ2n) is 6.80. The van der Waals surface area contributed by atoms with Crippen molar-refractivity contribution in [3.05, 3.63) is 88.9 Å². The van der Waals surface area contributed by atoms with Crippen molar-refractivity contribution in [3.8, 4) is 0 Å². The number of rotatable bonds is 8. The Balaban J connectivity index is 1.94. The maximum Gasteiger partial charge on any atom is 0.290 e. The van der Waals surface area contributed by atoms with Crippen LogP contribution in [0, 0.1) is 5.82 Å². The van der Waals surface area contributed by atoms with E-state index >= 15 is 0 Å². The maximum atomic E-state index is 13.4. The molecule has 0 saturated carbocycles. The van der Waals surface area contributed by atoms with Gasteiger partial charge in [-0.15, -0.1) is 0 Å². The first-order valence-corrected chi connectivity index (χ1v) is 9.35. The van der Waals surface area contributed by atoms with E-state index in [2.05, 4.69) is 0 Å². The van der Waals surface area contributed by atoms with E-state index in [-0.39, 0.29) is 25.0 Å². The molecule has 2 aromatic rings. The van der Waals surface area contributed by atoms with E-state index in [0.717, 1.165) is 5.56 Å². The Morgan fingerprint density at radius 1 is 1.10 bits per heavy atom. The first-order valence-electron chi connectivity index (χ1n) is 9.35. The smallest absolute Gasteiger partial charge is 0.290 e. The van der Waals surface area contributed by atoms with Crippen LogP contribution in [0.4, 0.5) is 4.39 Å². The quantitative estimate of drug-likeness (QED) is 0.676. The lowest BCUT2D eigenvalue weighted by molar-refractivity contribution is -0.305. The summed E-state index contributed by atoms with van der Waals surface area (Å²) in [6, 6.07) is 13.3. The molecule has 1 aliphatic rings. The summed E-state index contributed by atoms with van der Waals surface area (Å²) in [5, 5.41) is 21.1. The molecule has 0 fully saturated rings. The average molecular weight is 408 g/mol. The van der Waals surface area contributed by atoms with Crippen molar-refractivity contribution < 1.29 is 29.0 Å². The molecular formula is C23H19FNO5-. The van der Waals surface area contributed by atoms with Crippen molar-refractivity contribution in [2.24, 2.45) is 0 Å².